The van der Waals surface area contributed by atoms with Crippen LogP contribution in [0.1, 0.15) is 18.9 Å². The number of nitrogens with one attached hydrogen (secondary N) is 2. The smallest absolute Gasteiger partial charge is 0.407 e. The van der Waals surface area contributed by atoms with Gasteiger partial charge in [0.05, 0.1) is 16.6 Å². The maximum atomic E-state index is 11.8. The number of fused-ring (bicyclic) bond motifs is 4. The summed E-state index contributed by atoms with van der Waals surface area (Å²) in [4.78, 5) is 11.8. The third kappa shape index (κ3) is 3.32. The lowest BCUT2D eigenvalue weighted by Gasteiger charge is -2.16. The molecule has 1 atom stereocenters. The van der Waals surface area contributed by atoms with E-state index in [0.717, 1.165) is 27.7 Å². The minimum atomic E-state index is -0.446. The molecule has 2 heterocycles. The predicted molar refractivity (Wildman–Crippen MR) is 99.4 cm³/mol. The Hall–Kier alpha value is -2.73. The average molecular weight is 372 g/mol. The SMILES string of the molecule is CC1CCNC(=O)OCc2cccc(c2)-c2n[nH]c3cc(Cl)c(cc23)O1. The number of cyclic esters (lactones) is 1. The van der Waals surface area contributed by atoms with Gasteiger partial charge in [0, 0.05) is 23.9 Å². The van der Waals surface area contributed by atoms with Crippen molar-refractivity contribution in [2.75, 3.05) is 6.54 Å². The molecule has 0 saturated heterocycles. The van der Waals surface area contributed by atoms with Crippen LogP contribution in [-0.4, -0.2) is 28.9 Å². The van der Waals surface area contributed by atoms with Crippen molar-refractivity contribution in [1.82, 2.24) is 15.5 Å². The lowest BCUT2D eigenvalue weighted by molar-refractivity contribution is 0.137. The molecule has 0 radical (unpaired) electrons. The van der Waals surface area contributed by atoms with E-state index in [1.165, 1.54) is 0 Å². The van der Waals surface area contributed by atoms with Gasteiger partial charge in [0.15, 0.2) is 0 Å². The van der Waals surface area contributed by atoms with Crippen LogP contribution < -0.4 is 10.1 Å². The molecule has 6 nitrogen and oxygen atoms in total. The van der Waals surface area contributed by atoms with E-state index < -0.39 is 6.09 Å². The molecule has 2 N–H and O–H groups in total. The number of hydrogen-bond acceptors (Lipinski definition) is 4. The van der Waals surface area contributed by atoms with Crippen LogP contribution in [0.4, 0.5) is 4.79 Å². The first-order valence-corrected chi connectivity index (χ1v) is 8.82. The third-order valence-corrected chi connectivity index (χ3v) is 4.63. The monoisotopic (exact) mass is 371 g/mol. The number of rotatable bonds is 0. The molecule has 2 aromatic carbocycles. The Morgan fingerprint density at radius 1 is 1.27 bits per heavy atom. The van der Waals surface area contributed by atoms with Crippen LogP contribution in [0.15, 0.2) is 36.4 Å². The summed E-state index contributed by atoms with van der Waals surface area (Å²) in [5, 5.41) is 11.6. The van der Waals surface area contributed by atoms with Gasteiger partial charge in [-0.15, -0.1) is 0 Å². The summed E-state index contributed by atoms with van der Waals surface area (Å²) in [5.74, 6) is 0.600. The minimum absolute atomic E-state index is 0.119. The van der Waals surface area contributed by atoms with Gasteiger partial charge in [0.2, 0.25) is 0 Å². The van der Waals surface area contributed by atoms with Crippen molar-refractivity contribution in [3.63, 3.8) is 0 Å². The highest BCUT2D eigenvalue weighted by Crippen LogP contribution is 2.35. The number of alkyl carbamates (subject to hydrolysis) is 1. The van der Waals surface area contributed by atoms with Crippen molar-refractivity contribution < 1.29 is 14.3 Å². The summed E-state index contributed by atoms with van der Waals surface area (Å²) in [6.45, 7) is 2.59. The molecule has 0 spiro atoms. The van der Waals surface area contributed by atoms with Crippen LogP contribution in [-0.2, 0) is 11.3 Å². The first-order chi connectivity index (χ1) is 12.6. The number of carbonyl (C=O) groups excluding carboxylic acids is 1. The van der Waals surface area contributed by atoms with Gasteiger partial charge in [-0.1, -0.05) is 29.8 Å². The Morgan fingerprint density at radius 2 is 2.15 bits per heavy atom. The maximum absolute atomic E-state index is 11.8. The van der Waals surface area contributed by atoms with Crippen LogP contribution in [0.3, 0.4) is 0 Å². The van der Waals surface area contributed by atoms with Gasteiger partial charge >= 0.3 is 6.09 Å². The second kappa shape index (κ2) is 6.88. The van der Waals surface area contributed by atoms with Crippen molar-refractivity contribution >= 4 is 28.6 Å². The van der Waals surface area contributed by atoms with Gasteiger partial charge < -0.3 is 14.8 Å². The normalized spacial score (nSPS) is 17.8. The molecule has 1 unspecified atom stereocenters. The topological polar surface area (TPSA) is 76.2 Å². The molecule has 4 rings (SSSR count). The molecule has 3 aromatic rings. The molecule has 0 aliphatic carbocycles. The van der Waals surface area contributed by atoms with Crippen LogP contribution in [0.2, 0.25) is 5.02 Å². The quantitative estimate of drug-likeness (QED) is 0.618. The molecule has 1 aliphatic rings. The number of carbonyl (C=O) groups is 1. The maximum Gasteiger partial charge on any atom is 0.407 e. The second-order valence-corrected chi connectivity index (χ2v) is 6.73. The summed E-state index contributed by atoms with van der Waals surface area (Å²) in [6, 6.07) is 11.5. The molecule has 26 heavy (non-hydrogen) atoms. The largest absolute Gasteiger partial charge is 0.489 e. The molecule has 0 saturated carbocycles. The molecular formula is C19H18ClN3O3. The fourth-order valence-corrected chi connectivity index (χ4v) is 3.20. The lowest BCUT2D eigenvalue weighted by Crippen LogP contribution is -2.28. The summed E-state index contributed by atoms with van der Waals surface area (Å²) in [6.07, 6.45) is 0.0696. The second-order valence-electron chi connectivity index (χ2n) is 6.32. The zero-order chi connectivity index (χ0) is 18.1. The Morgan fingerprint density at radius 3 is 3.04 bits per heavy atom. The van der Waals surface area contributed by atoms with E-state index in [1.54, 1.807) is 0 Å². The number of hydrogen-bond donors (Lipinski definition) is 2. The van der Waals surface area contributed by atoms with Crippen molar-refractivity contribution in [3.05, 3.63) is 47.0 Å². The number of ether oxygens (including phenoxy) is 2. The highest BCUT2D eigenvalue weighted by Gasteiger charge is 2.16. The number of halogens is 1. The number of aromatic amines is 1. The van der Waals surface area contributed by atoms with E-state index in [0.29, 0.717) is 23.7 Å². The lowest BCUT2D eigenvalue weighted by atomic mass is 10.1. The highest BCUT2D eigenvalue weighted by molar-refractivity contribution is 6.33. The van der Waals surface area contributed by atoms with Crippen molar-refractivity contribution in [2.24, 2.45) is 0 Å². The fraction of sp³-hybridized carbons (Fsp3) is 0.263. The van der Waals surface area contributed by atoms with Crippen LogP contribution in [0.5, 0.6) is 5.75 Å². The first-order valence-electron chi connectivity index (χ1n) is 8.44. The molecule has 7 heteroatoms. The average Bonchev–Trinajstić information content (AvgIpc) is 3.02. The summed E-state index contributed by atoms with van der Waals surface area (Å²) in [7, 11) is 0. The highest BCUT2D eigenvalue weighted by atomic mass is 35.5. The third-order valence-electron chi connectivity index (χ3n) is 4.33. The Bertz CT molecular complexity index is 970. The molecular weight excluding hydrogens is 354 g/mol. The van der Waals surface area contributed by atoms with Crippen LogP contribution >= 0.6 is 11.6 Å². The van der Waals surface area contributed by atoms with Crippen LogP contribution in [0.25, 0.3) is 22.2 Å². The van der Waals surface area contributed by atoms with Gasteiger partial charge in [-0.05, 0) is 30.7 Å². The Kier molecular flexibility index (Phi) is 4.42. The Balaban J connectivity index is 1.82. The van der Waals surface area contributed by atoms with Gasteiger partial charge in [-0.3, -0.25) is 5.10 Å². The van der Waals surface area contributed by atoms with Crippen molar-refractivity contribution in [2.45, 2.75) is 26.1 Å². The zero-order valence-corrected chi connectivity index (χ0v) is 15.0. The first kappa shape index (κ1) is 16.7. The van der Waals surface area contributed by atoms with Gasteiger partial charge in [-0.2, -0.15) is 5.10 Å². The van der Waals surface area contributed by atoms with E-state index in [2.05, 4.69) is 15.5 Å². The molecule has 1 amide bonds. The molecule has 134 valence electrons. The van der Waals surface area contributed by atoms with Crippen molar-refractivity contribution in [3.8, 4) is 17.0 Å². The fourth-order valence-electron chi connectivity index (χ4n) is 2.99. The molecule has 0 fully saturated rings. The molecule has 1 aromatic heterocycles. The van der Waals surface area contributed by atoms with Gasteiger partial charge in [0.1, 0.15) is 18.1 Å². The molecule has 4 bridgehead atoms. The minimum Gasteiger partial charge on any atom is -0.489 e. The summed E-state index contributed by atoms with van der Waals surface area (Å²) >= 11 is 6.36. The predicted octanol–water partition coefficient (Wildman–Crippen LogP) is 4.28. The molecule has 1 aliphatic heterocycles. The number of benzene rings is 2. The van der Waals surface area contributed by atoms with E-state index in [1.807, 2.05) is 43.3 Å². The van der Waals surface area contributed by atoms with E-state index in [-0.39, 0.29) is 12.7 Å². The van der Waals surface area contributed by atoms with Gasteiger partial charge in [-0.25, -0.2) is 4.79 Å². The van der Waals surface area contributed by atoms with E-state index in [4.69, 9.17) is 21.1 Å². The van der Waals surface area contributed by atoms with Crippen molar-refractivity contribution in [1.29, 1.82) is 0 Å². The number of H-pyrrole nitrogens is 1. The van der Waals surface area contributed by atoms with E-state index >= 15 is 0 Å². The number of aromatic nitrogens is 2. The van der Waals surface area contributed by atoms with Crippen LogP contribution in [0, 0.1) is 0 Å². The summed E-state index contributed by atoms with van der Waals surface area (Å²) < 4.78 is 11.2. The number of amides is 1. The van der Waals surface area contributed by atoms with E-state index in [9.17, 15) is 4.79 Å². The van der Waals surface area contributed by atoms with Gasteiger partial charge in [0.25, 0.3) is 0 Å². The Labute approximate surface area is 155 Å². The summed E-state index contributed by atoms with van der Waals surface area (Å²) in [5.41, 5.74) is 3.46. The zero-order valence-electron chi connectivity index (χ0n) is 14.2. The standard InChI is InChI=1S/C19H18ClN3O3/c1-11-5-6-21-19(24)25-10-12-3-2-4-13(7-12)18-14-8-17(26-11)15(20)9-16(14)22-23-18/h2-4,7-9,11H,5-6,10H2,1H3,(H,21,24)(H,22,23). The number of nitrogens with zero attached hydrogens (tertiary/aromatic N) is 1.